The molecule has 0 bridgehead atoms. The number of carboxylic acid groups (broad SMARTS) is 1. The van der Waals surface area contributed by atoms with Gasteiger partial charge in [-0.15, -0.1) is 0 Å². The fourth-order valence-corrected chi connectivity index (χ4v) is 3.79. The van der Waals surface area contributed by atoms with Crippen molar-refractivity contribution in [3.8, 4) is 0 Å². The highest BCUT2D eigenvalue weighted by Crippen LogP contribution is 2.33. The molecule has 0 atom stereocenters. The number of aliphatic carboxylic acids is 1. The molecule has 5 heteroatoms. The Balaban J connectivity index is 1.44. The Bertz CT molecular complexity index is 568. The highest BCUT2D eigenvalue weighted by Gasteiger charge is 2.36. The van der Waals surface area contributed by atoms with Crippen LogP contribution in [-0.2, 0) is 11.3 Å². The van der Waals surface area contributed by atoms with Gasteiger partial charge in [-0.25, -0.2) is 0 Å². The van der Waals surface area contributed by atoms with Crippen LogP contribution in [0.15, 0.2) is 22.7 Å². The Morgan fingerprint density at radius 2 is 2.13 bits per heavy atom. The van der Waals surface area contributed by atoms with Crippen LogP contribution in [0.3, 0.4) is 0 Å². The van der Waals surface area contributed by atoms with Gasteiger partial charge in [-0.05, 0) is 61.8 Å². The normalized spacial score (nSPS) is 23.8. The first-order chi connectivity index (χ1) is 11.0. The van der Waals surface area contributed by atoms with Crippen molar-refractivity contribution in [2.45, 2.75) is 51.2 Å². The second-order valence-corrected chi connectivity index (χ2v) is 7.96. The van der Waals surface area contributed by atoms with Crippen molar-refractivity contribution in [2.24, 2.45) is 5.92 Å². The lowest BCUT2D eigenvalue weighted by Crippen LogP contribution is -2.54. The van der Waals surface area contributed by atoms with E-state index in [1.54, 1.807) is 0 Å². The minimum atomic E-state index is -0.701. The molecule has 126 valence electrons. The highest BCUT2D eigenvalue weighted by molar-refractivity contribution is 9.10. The number of nitrogens with zero attached hydrogens (tertiary/aromatic N) is 1. The van der Waals surface area contributed by atoms with E-state index in [1.165, 1.54) is 24.0 Å². The van der Waals surface area contributed by atoms with E-state index in [1.807, 2.05) is 0 Å². The molecular weight excluding hydrogens is 356 g/mol. The van der Waals surface area contributed by atoms with Crippen LogP contribution in [0.2, 0.25) is 0 Å². The van der Waals surface area contributed by atoms with Gasteiger partial charge in [0.2, 0.25) is 0 Å². The molecular formula is C18H25BrN2O2. The summed E-state index contributed by atoms with van der Waals surface area (Å²) < 4.78 is 1.12. The van der Waals surface area contributed by atoms with Crippen molar-refractivity contribution in [1.82, 2.24) is 10.2 Å². The summed E-state index contributed by atoms with van der Waals surface area (Å²) >= 11 is 3.50. The van der Waals surface area contributed by atoms with E-state index >= 15 is 0 Å². The van der Waals surface area contributed by atoms with Crippen LogP contribution < -0.4 is 5.32 Å². The summed E-state index contributed by atoms with van der Waals surface area (Å²) in [6.07, 6.45) is 4.67. The molecule has 2 N–H and O–H groups in total. The van der Waals surface area contributed by atoms with Gasteiger partial charge >= 0.3 is 5.97 Å². The van der Waals surface area contributed by atoms with Crippen molar-refractivity contribution >= 4 is 21.9 Å². The van der Waals surface area contributed by atoms with E-state index < -0.39 is 5.97 Å². The fourth-order valence-electron chi connectivity index (χ4n) is 3.31. The van der Waals surface area contributed by atoms with Crippen LogP contribution in [0.5, 0.6) is 0 Å². The maximum Gasteiger partial charge on any atom is 0.317 e. The average molecular weight is 381 g/mol. The number of carboxylic acids is 1. The molecule has 2 saturated carbocycles. The van der Waals surface area contributed by atoms with E-state index in [2.05, 4.69) is 51.3 Å². The summed E-state index contributed by atoms with van der Waals surface area (Å²) in [4.78, 5) is 13.2. The van der Waals surface area contributed by atoms with Crippen LogP contribution in [0.25, 0.3) is 0 Å². The molecule has 2 aliphatic rings. The van der Waals surface area contributed by atoms with Crippen LogP contribution >= 0.6 is 15.9 Å². The summed E-state index contributed by atoms with van der Waals surface area (Å²) in [5.41, 5.74) is 2.63. The van der Waals surface area contributed by atoms with E-state index in [0.29, 0.717) is 12.1 Å². The molecule has 0 unspecified atom stereocenters. The third-order valence-electron chi connectivity index (χ3n) is 5.04. The Labute approximate surface area is 146 Å². The number of aryl methyl sites for hydroxylation is 1. The molecule has 1 aromatic carbocycles. The zero-order chi connectivity index (χ0) is 16.4. The first kappa shape index (κ1) is 16.9. The van der Waals surface area contributed by atoms with Crippen LogP contribution in [-0.4, -0.2) is 41.1 Å². The van der Waals surface area contributed by atoms with Crippen molar-refractivity contribution in [2.75, 3.05) is 13.1 Å². The van der Waals surface area contributed by atoms with Crippen molar-refractivity contribution in [3.63, 3.8) is 0 Å². The quantitative estimate of drug-likeness (QED) is 0.726. The highest BCUT2D eigenvalue weighted by atomic mass is 79.9. The number of halogens is 1. The van der Waals surface area contributed by atoms with Gasteiger partial charge in [0, 0.05) is 29.6 Å². The molecule has 3 rings (SSSR count). The predicted octanol–water partition coefficient (Wildman–Crippen LogP) is 3.17. The fraction of sp³-hybridized carbons (Fsp3) is 0.611. The lowest BCUT2D eigenvalue weighted by Gasteiger charge is -2.43. The molecule has 0 aliphatic heterocycles. The first-order valence-electron chi connectivity index (χ1n) is 8.45. The molecule has 2 aliphatic carbocycles. The molecule has 0 spiro atoms. The number of nitrogens with one attached hydrogen (secondary N) is 1. The van der Waals surface area contributed by atoms with Gasteiger partial charge in [0.05, 0.1) is 6.54 Å². The lowest BCUT2D eigenvalue weighted by molar-refractivity contribution is -0.139. The number of carbonyl (C=O) groups is 1. The van der Waals surface area contributed by atoms with Gasteiger partial charge in [-0.3, -0.25) is 9.69 Å². The Hall–Kier alpha value is -0.910. The molecule has 4 nitrogen and oxygen atoms in total. The number of hydrogen-bond acceptors (Lipinski definition) is 3. The van der Waals surface area contributed by atoms with E-state index in [-0.39, 0.29) is 6.54 Å². The summed E-state index contributed by atoms with van der Waals surface area (Å²) in [6.45, 7) is 4.18. The van der Waals surface area contributed by atoms with Gasteiger partial charge < -0.3 is 10.4 Å². The summed E-state index contributed by atoms with van der Waals surface area (Å²) in [6, 6.07) is 7.34. The summed E-state index contributed by atoms with van der Waals surface area (Å²) in [7, 11) is 0. The molecule has 23 heavy (non-hydrogen) atoms. The molecule has 2 fully saturated rings. The molecule has 0 saturated heterocycles. The molecule has 0 radical (unpaired) electrons. The van der Waals surface area contributed by atoms with E-state index in [9.17, 15) is 4.79 Å². The van der Waals surface area contributed by atoms with Gasteiger partial charge in [0.15, 0.2) is 0 Å². The number of rotatable bonds is 8. The topological polar surface area (TPSA) is 52.6 Å². The maximum atomic E-state index is 11.1. The van der Waals surface area contributed by atoms with Crippen molar-refractivity contribution < 1.29 is 9.90 Å². The monoisotopic (exact) mass is 380 g/mol. The summed E-state index contributed by atoms with van der Waals surface area (Å²) in [5.74, 6) is 0.0410. The molecule has 1 aromatic rings. The standard InChI is InChI=1S/C18H25BrN2O2/c1-12-6-15(19)5-4-14(12)9-20-16-7-17(8-16)21(11-18(22)23)10-13-2-3-13/h4-6,13,16-17,20H,2-3,7-11H2,1H3,(H,22,23). The van der Waals surface area contributed by atoms with Crippen LogP contribution in [0.1, 0.15) is 36.8 Å². The van der Waals surface area contributed by atoms with Crippen molar-refractivity contribution in [1.29, 1.82) is 0 Å². The Kier molecular flexibility index (Phi) is 5.39. The molecule has 0 amide bonds. The lowest BCUT2D eigenvalue weighted by atomic mass is 9.85. The average Bonchev–Trinajstić information content (AvgIpc) is 3.22. The van der Waals surface area contributed by atoms with Crippen LogP contribution in [0, 0.1) is 12.8 Å². The van der Waals surface area contributed by atoms with Gasteiger partial charge in [-0.1, -0.05) is 22.0 Å². The Morgan fingerprint density at radius 3 is 2.74 bits per heavy atom. The van der Waals surface area contributed by atoms with Gasteiger partial charge in [-0.2, -0.15) is 0 Å². The SMILES string of the molecule is Cc1cc(Br)ccc1CNC1CC(N(CC(=O)O)CC2CC2)C1. The van der Waals surface area contributed by atoms with E-state index in [0.717, 1.165) is 36.3 Å². The van der Waals surface area contributed by atoms with Crippen LogP contribution in [0.4, 0.5) is 0 Å². The largest absolute Gasteiger partial charge is 0.480 e. The van der Waals surface area contributed by atoms with E-state index in [4.69, 9.17) is 5.11 Å². The third kappa shape index (κ3) is 4.78. The zero-order valence-corrected chi connectivity index (χ0v) is 15.2. The second-order valence-electron chi connectivity index (χ2n) is 7.04. The smallest absolute Gasteiger partial charge is 0.317 e. The molecule has 0 aromatic heterocycles. The minimum absolute atomic E-state index is 0.194. The Morgan fingerprint density at radius 1 is 1.39 bits per heavy atom. The number of benzene rings is 1. The summed E-state index contributed by atoms with van der Waals surface area (Å²) in [5, 5.41) is 12.7. The maximum absolute atomic E-state index is 11.1. The minimum Gasteiger partial charge on any atom is -0.480 e. The molecule has 0 heterocycles. The van der Waals surface area contributed by atoms with Crippen molar-refractivity contribution in [3.05, 3.63) is 33.8 Å². The second kappa shape index (κ2) is 7.32. The first-order valence-corrected chi connectivity index (χ1v) is 9.25. The zero-order valence-electron chi connectivity index (χ0n) is 13.6. The third-order valence-corrected chi connectivity index (χ3v) is 5.54. The predicted molar refractivity (Wildman–Crippen MR) is 94.5 cm³/mol. The van der Waals surface area contributed by atoms with Gasteiger partial charge in [0.1, 0.15) is 0 Å². The van der Waals surface area contributed by atoms with Gasteiger partial charge in [0.25, 0.3) is 0 Å². The number of hydrogen-bond donors (Lipinski definition) is 2.